The molecule has 2 rings (SSSR count). The Hall–Kier alpha value is -1.44. The molecule has 8 heteroatoms. The van der Waals surface area contributed by atoms with Crippen LogP contribution in [0.5, 0.6) is 0 Å². The molecule has 0 aromatic carbocycles. The maximum Gasteiger partial charge on any atom is 0.311 e. The van der Waals surface area contributed by atoms with Gasteiger partial charge >= 0.3 is 5.69 Å². The van der Waals surface area contributed by atoms with E-state index < -0.39 is 10.7 Å². The van der Waals surface area contributed by atoms with E-state index in [0.717, 1.165) is 0 Å². The van der Waals surface area contributed by atoms with Crippen LogP contribution in [0.1, 0.15) is 13.8 Å². The van der Waals surface area contributed by atoms with Gasteiger partial charge in [0.25, 0.3) is 0 Å². The average molecular weight is 288 g/mol. The van der Waals surface area contributed by atoms with E-state index in [-0.39, 0.29) is 22.8 Å². The van der Waals surface area contributed by atoms with Crippen molar-refractivity contribution in [1.82, 2.24) is 4.98 Å². The van der Waals surface area contributed by atoms with E-state index in [0.29, 0.717) is 13.2 Å². The number of aromatic nitrogens is 1. The largest absolute Gasteiger partial charge is 0.362 e. The third-order valence-corrected chi connectivity index (χ3v) is 2.81. The molecule has 19 heavy (non-hydrogen) atoms. The monoisotopic (exact) mass is 287 g/mol. The second-order valence-electron chi connectivity index (χ2n) is 4.59. The summed E-state index contributed by atoms with van der Waals surface area (Å²) in [6.45, 7) is 4.41. The lowest BCUT2D eigenvalue weighted by molar-refractivity contribution is -0.384. The summed E-state index contributed by atoms with van der Waals surface area (Å²) in [4.78, 5) is 14.3. The number of nitrogens with one attached hydrogen (secondary N) is 1. The van der Waals surface area contributed by atoms with Gasteiger partial charge in [-0.2, -0.15) is 0 Å². The fourth-order valence-corrected chi connectivity index (χ4v) is 1.93. The topological polar surface area (TPSA) is 86.5 Å². The number of hydrogen-bond donors (Lipinski definition) is 1. The summed E-state index contributed by atoms with van der Waals surface area (Å²) < 4.78 is 11.0. The Morgan fingerprint density at radius 1 is 1.63 bits per heavy atom. The number of hydrogen-bond acceptors (Lipinski definition) is 6. The molecule has 0 radical (unpaired) electrons. The lowest BCUT2D eigenvalue weighted by atomic mass is 10.3. The van der Waals surface area contributed by atoms with Crippen molar-refractivity contribution in [3.8, 4) is 0 Å². The third kappa shape index (κ3) is 3.52. The van der Waals surface area contributed by atoms with Gasteiger partial charge in [-0.25, -0.2) is 4.98 Å². The van der Waals surface area contributed by atoms with Gasteiger partial charge in [-0.05, 0) is 19.9 Å². The van der Waals surface area contributed by atoms with E-state index >= 15 is 0 Å². The molecule has 0 amide bonds. The Balaban J connectivity index is 2.03. The molecule has 0 saturated carbocycles. The lowest BCUT2D eigenvalue weighted by Gasteiger charge is -2.17. The van der Waals surface area contributed by atoms with Crippen molar-refractivity contribution in [2.75, 3.05) is 18.5 Å². The molecule has 0 aliphatic carbocycles. The van der Waals surface area contributed by atoms with Crippen LogP contribution in [0.3, 0.4) is 0 Å². The highest BCUT2D eigenvalue weighted by Gasteiger charge is 2.32. The molecule has 1 atom stereocenters. The smallest absolute Gasteiger partial charge is 0.311 e. The van der Waals surface area contributed by atoms with Crippen molar-refractivity contribution in [3.05, 3.63) is 27.4 Å². The van der Waals surface area contributed by atoms with E-state index in [1.807, 2.05) is 13.8 Å². The van der Waals surface area contributed by atoms with Crippen LogP contribution in [0.15, 0.2) is 12.1 Å². The second kappa shape index (κ2) is 5.28. The third-order valence-electron chi connectivity index (χ3n) is 2.60. The van der Waals surface area contributed by atoms with E-state index in [1.54, 1.807) is 0 Å². The van der Waals surface area contributed by atoms with Gasteiger partial charge in [-0.15, -0.1) is 0 Å². The molecule has 1 fully saturated rings. The fourth-order valence-electron chi connectivity index (χ4n) is 1.78. The van der Waals surface area contributed by atoms with Crippen LogP contribution in [0, 0.1) is 10.1 Å². The number of anilines is 1. The van der Waals surface area contributed by atoms with Crippen LogP contribution in [0.25, 0.3) is 0 Å². The van der Waals surface area contributed by atoms with Crippen LogP contribution < -0.4 is 5.32 Å². The molecule has 1 aromatic rings. The van der Waals surface area contributed by atoms with Crippen LogP contribution in [0.4, 0.5) is 11.5 Å². The molecule has 1 aliphatic heterocycles. The first-order valence-corrected chi connectivity index (χ1v) is 6.12. The quantitative estimate of drug-likeness (QED) is 0.519. The van der Waals surface area contributed by atoms with Gasteiger partial charge in [0, 0.05) is 12.6 Å². The first kappa shape index (κ1) is 14.0. The van der Waals surface area contributed by atoms with E-state index in [4.69, 9.17) is 21.1 Å². The molecular weight excluding hydrogens is 274 g/mol. The van der Waals surface area contributed by atoms with Gasteiger partial charge in [-0.1, -0.05) is 11.6 Å². The summed E-state index contributed by atoms with van der Waals surface area (Å²) in [5, 5.41) is 13.9. The minimum atomic E-state index is -0.625. The number of pyridine rings is 1. The maximum absolute atomic E-state index is 10.9. The molecule has 1 N–H and O–H groups in total. The van der Waals surface area contributed by atoms with Crippen LogP contribution in [-0.4, -0.2) is 35.0 Å². The normalized spacial score (nSPS) is 21.3. The number of halogens is 1. The lowest BCUT2D eigenvalue weighted by Crippen LogP contribution is -2.26. The summed E-state index contributed by atoms with van der Waals surface area (Å²) in [6, 6.07) is 2.69. The van der Waals surface area contributed by atoms with Crippen LogP contribution in [-0.2, 0) is 9.47 Å². The van der Waals surface area contributed by atoms with Crippen molar-refractivity contribution in [2.45, 2.75) is 25.7 Å². The van der Waals surface area contributed by atoms with Crippen molar-refractivity contribution in [3.63, 3.8) is 0 Å². The molecular formula is C11H14ClN3O4. The van der Waals surface area contributed by atoms with Crippen LogP contribution in [0.2, 0.25) is 5.15 Å². The maximum atomic E-state index is 10.9. The Labute approximate surface area is 115 Å². The molecule has 104 valence electrons. The zero-order valence-electron chi connectivity index (χ0n) is 10.6. The molecule has 1 aromatic heterocycles. The van der Waals surface area contributed by atoms with Crippen molar-refractivity contribution < 1.29 is 14.4 Å². The van der Waals surface area contributed by atoms with E-state index in [2.05, 4.69) is 10.3 Å². The minimum Gasteiger partial charge on any atom is -0.362 e. The van der Waals surface area contributed by atoms with Crippen molar-refractivity contribution >= 4 is 23.1 Å². The van der Waals surface area contributed by atoms with Gasteiger partial charge in [0.05, 0.1) is 11.5 Å². The van der Waals surface area contributed by atoms with E-state index in [9.17, 15) is 10.1 Å². The Morgan fingerprint density at radius 3 is 2.95 bits per heavy atom. The molecule has 2 heterocycles. The number of nitrogens with zero attached hydrogens (tertiary/aromatic N) is 2. The Morgan fingerprint density at radius 2 is 2.37 bits per heavy atom. The van der Waals surface area contributed by atoms with Gasteiger partial charge in [0.15, 0.2) is 5.79 Å². The highest BCUT2D eigenvalue weighted by atomic mass is 35.5. The van der Waals surface area contributed by atoms with Gasteiger partial charge < -0.3 is 14.8 Å². The van der Waals surface area contributed by atoms with Gasteiger partial charge in [0.1, 0.15) is 11.3 Å². The first-order valence-electron chi connectivity index (χ1n) is 5.74. The predicted octanol–water partition coefficient (Wildman–Crippen LogP) is 2.21. The zero-order valence-corrected chi connectivity index (χ0v) is 11.3. The van der Waals surface area contributed by atoms with Crippen molar-refractivity contribution in [1.29, 1.82) is 0 Å². The van der Waals surface area contributed by atoms with E-state index in [1.165, 1.54) is 12.1 Å². The van der Waals surface area contributed by atoms with Crippen molar-refractivity contribution in [2.24, 2.45) is 0 Å². The zero-order chi connectivity index (χ0) is 14.0. The Bertz CT molecular complexity index is 495. The molecule has 1 saturated heterocycles. The summed E-state index contributed by atoms with van der Waals surface area (Å²) in [5.74, 6) is -0.495. The second-order valence-corrected chi connectivity index (χ2v) is 4.98. The molecule has 0 spiro atoms. The fraction of sp³-hybridized carbons (Fsp3) is 0.545. The summed E-state index contributed by atoms with van der Waals surface area (Å²) >= 11 is 5.73. The van der Waals surface area contributed by atoms with Gasteiger partial charge in [0.2, 0.25) is 5.82 Å². The number of rotatable bonds is 4. The molecule has 0 bridgehead atoms. The predicted molar refractivity (Wildman–Crippen MR) is 69.3 cm³/mol. The number of ether oxygens (including phenoxy) is 2. The minimum absolute atomic E-state index is 0.123. The highest BCUT2D eigenvalue weighted by molar-refractivity contribution is 6.29. The summed E-state index contributed by atoms with van der Waals surface area (Å²) in [6.07, 6.45) is -0.185. The SMILES string of the molecule is CC1(C)OCC(CNc2nc(Cl)ccc2[N+](=O)[O-])O1. The van der Waals surface area contributed by atoms with Crippen LogP contribution >= 0.6 is 11.6 Å². The standard InChI is InChI=1S/C11H14ClN3O4/c1-11(2)18-6-7(19-11)5-13-10-8(15(16)17)3-4-9(12)14-10/h3-4,7H,5-6H2,1-2H3,(H,13,14). The van der Waals surface area contributed by atoms with Gasteiger partial charge in [-0.3, -0.25) is 10.1 Å². The first-order chi connectivity index (χ1) is 8.87. The highest BCUT2D eigenvalue weighted by Crippen LogP contribution is 2.26. The molecule has 1 aliphatic rings. The Kier molecular flexibility index (Phi) is 3.88. The molecule has 7 nitrogen and oxygen atoms in total. The summed E-state index contributed by atoms with van der Waals surface area (Å²) in [5.41, 5.74) is -0.123. The number of nitro groups is 1. The summed E-state index contributed by atoms with van der Waals surface area (Å²) in [7, 11) is 0. The average Bonchev–Trinajstić information content (AvgIpc) is 2.66. The molecule has 1 unspecified atom stereocenters.